The Labute approximate surface area is 103 Å². The van der Waals surface area contributed by atoms with Crippen LogP contribution in [0.4, 0.5) is 10.1 Å². The number of hydrogen-bond donors (Lipinski definition) is 2. The maximum atomic E-state index is 12.7. The van der Waals surface area contributed by atoms with Crippen LogP contribution in [0.2, 0.25) is 0 Å². The van der Waals surface area contributed by atoms with E-state index in [0.717, 1.165) is 0 Å². The van der Waals surface area contributed by atoms with Crippen LogP contribution in [-0.2, 0) is 6.54 Å². The number of nitrogens with two attached hydrogens (primary N) is 1. The number of rotatable bonds is 4. The van der Waals surface area contributed by atoms with Crippen molar-refractivity contribution in [3.05, 3.63) is 48.0 Å². The fourth-order valence-electron chi connectivity index (χ4n) is 1.49. The third-order valence-electron chi connectivity index (χ3n) is 2.39. The molecule has 0 atom stereocenters. The summed E-state index contributed by atoms with van der Waals surface area (Å²) >= 11 is 0. The van der Waals surface area contributed by atoms with Crippen molar-refractivity contribution in [1.82, 2.24) is 15.1 Å². The number of hydrogen-bond acceptors (Lipinski definition) is 3. The van der Waals surface area contributed by atoms with E-state index in [4.69, 9.17) is 5.73 Å². The SMILES string of the molecule is Nc1cnn(CCNC(=O)c2ccc(F)cc2)c1. The second-order valence-corrected chi connectivity index (χ2v) is 3.80. The van der Waals surface area contributed by atoms with E-state index in [1.54, 1.807) is 17.1 Å². The number of carbonyl (C=O) groups is 1. The average molecular weight is 248 g/mol. The lowest BCUT2D eigenvalue weighted by atomic mass is 10.2. The van der Waals surface area contributed by atoms with Gasteiger partial charge in [-0.25, -0.2) is 4.39 Å². The monoisotopic (exact) mass is 248 g/mol. The normalized spacial score (nSPS) is 10.3. The highest BCUT2D eigenvalue weighted by atomic mass is 19.1. The Kier molecular flexibility index (Phi) is 3.57. The van der Waals surface area contributed by atoms with Crippen LogP contribution in [0.3, 0.4) is 0 Å². The number of anilines is 1. The van der Waals surface area contributed by atoms with Crippen molar-refractivity contribution in [2.75, 3.05) is 12.3 Å². The largest absolute Gasteiger partial charge is 0.396 e. The van der Waals surface area contributed by atoms with E-state index >= 15 is 0 Å². The van der Waals surface area contributed by atoms with Crippen molar-refractivity contribution in [2.45, 2.75) is 6.54 Å². The molecule has 0 aliphatic heterocycles. The molecule has 0 saturated heterocycles. The van der Waals surface area contributed by atoms with E-state index < -0.39 is 0 Å². The van der Waals surface area contributed by atoms with Crippen molar-refractivity contribution in [3.63, 3.8) is 0 Å². The van der Waals surface area contributed by atoms with Gasteiger partial charge < -0.3 is 11.1 Å². The van der Waals surface area contributed by atoms with Gasteiger partial charge in [0.05, 0.1) is 18.4 Å². The Morgan fingerprint density at radius 1 is 1.39 bits per heavy atom. The van der Waals surface area contributed by atoms with E-state index in [1.807, 2.05) is 0 Å². The molecular formula is C12H13FN4O. The van der Waals surface area contributed by atoms with Gasteiger partial charge in [0.2, 0.25) is 0 Å². The van der Waals surface area contributed by atoms with E-state index in [2.05, 4.69) is 10.4 Å². The minimum atomic E-state index is -0.362. The highest BCUT2D eigenvalue weighted by molar-refractivity contribution is 5.94. The predicted octanol–water partition coefficient (Wildman–Crippen LogP) is 1.03. The molecule has 1 aromatic heterocycles. The second kappa shape index (κ2) is 5.31. The summed E-state index contributed by atoms with van der Waals surface area (Å²) in [5.74, 6) is -0.603. The fourth-order valence-corrected chi connectivity index (χ4v) is 1.49. The van der Waals surface area contributed by atoms with E-state index in [1.165, 1.54) is 24.3 Å². The lowest BCUT2D eigenvalue weighted by Gasteiger charge is -2.05. The molecule has 1 aromatic carbocycles. The Bertz CT molecular complexity index is 535. The molecule has 0 fully saturated rings. The third kappa shape index (κ3) is 3.07. The molecule has 0 spiro atoms. The Balaban J connectivity index is 1.83. The Hall–Kier alpha value is -2.37. The van der Waals surface area contributed by atoms with Gasteiger partial charge in [0, 0.05) is 18.3 Å². The van der Waals surface area contributed by atoms with Gasteiger partial charge in [0.15, 0.2) is 0 Å². The summed E-state index contributed by atoms with van der Waals surface area (Å²) in [6.45, 7) is 0.960. The first-order chi connectivity index (χ1) is 8.65. The number of halogens is 1. The molecule has 0 aliphatic rings. The summed E-state index contributed by atoms with van der Waals surface area (Å²) in [5, 5.41) is 6.70. The highest BCUT2D eigenvalue weighted by Gasteiger charge is 2.04. The van der Waals surface area contributed by atoms with Crippen molar-refractivity contribution in [2.24, 2.45) is 0 Å². The third-order valence-corrected chi connectivity index (χ3v) is 2.39. The lowest BCUT2D eigenvalue weighted by Crippen LogP contribution is -2.27. The van der Waals surface area contributed by atoms with Gasteiger partial charge in [0.25, 0.3) is 5.91 Å². The summed E-state index contributed by atoms with van der Waals surface area (Å²) in [6.07, 6.45) is 3.23. The summed E-state index contributed by atoms with van der Waals surface area (Å²) in [6, 6.07) is 5.39. The molecule has 0 radical (unpaired) electrons. The molecule has 3 N–H and O–H groups in total. The zero-order valence-electron chi connectivity index (χ0n) is 9.64. The molecule has 2 aromatic rings. The Morgan fingerprint density at radius 3 is 2.72 bits per heavy atom. The van der Waals surface area contributed by atoms with Crippen molar-refractivity contribution in [3.8, 4) is 0 Å². The maximum Gasteiger partial charge on any atom is 0.251 e. The van der Waals surface area contributed by atoms with Crippen LogP contribution >= 0.6 is 0 Å². The molecule has 5 nitrogen and oxygen atoms in total. The minimum Gasteiger partial charge on any atom is -0.396 e. The molecule has 94 valence electrons. The molecule has 0 aliphatic carbocycles. The molecular weight excluding hydrogens is 235 g/mol. The number of aromatic nitrogens is 2. The lowest BCUT2D eigenvalue weighted by molar-refractivity contribution is 0.0952. The average Bonchev–Trinajstić information content (AvgIpc) is 2.76. The van der Waals surface area contributed by atoms with Gasteiger partial charge in [0.1, 0.15) is 5.82 Å². The van der Waals surface area contributed by atoms with Crippen molar-refractivity contribution >= 4 is 11.6 Å². The van der Waals surface area contributed by atoms with Crippen LogP contribution < -0.4 is 11.1 Å². The Morgan fingerprint density at radius 2 is 2.11 bits per heavy atom. The highest BCUT2D eigenvalue weighted by Crippen LogP contribution is 2.02. The molecule has 0 bridgehead atoms. The van der Waals surface area contributed by atoms with Gasteiger partial charge in [-0.1, -0.05) is 0 Å². The summed E-state index contributed by atoms with van der Waals surface area (Å²) in [4.78, 5) is 11.7. The number of nitrogens with one attached hydrogen (secondary N) is 1. The van der Waals surface area contributed by atoms with Crippen LogP contribution in [-0.4, -0.2) is 22.2 Å². The van der Waals surface area contributed by atoms with Gasteiger partial charge in [-0.15, -0.1) is 0 Å². The van der Waals surface area contributed by atoms with Crippen molar-refractivity contribution < 1.29 is 9.18 Å². The van der Waals surface area contributed by atoms with E-state index in [-0.39, 0.29) is 11.7 Å². The van der Waals surface area contributed by atoms with Crippen LogP contribution in [0.1, 0.15) is 10.4 Å². The topological polar surface area (TPSA) is 72.9 Å². The van der Waals surface area contributed by atoms with Crippen molar-refractivity contribution in [1.29, 1.82) is 0 Å². The molecule has 1 heterocycles. The first-order valence-corrected chi connectivity index (χ1v) is 5.47. The summed E-state index contributed by atoms with van der Waals surface area (Å²) in [5.41, 5.74) is 6.52. The maximum absolute atomic E-state index is 12.7. The number of nitrogens with zero attached hydrogens (tertiary/aromatic N) is 2. The molecule has 0 saturated carbocycles. The van der Waals surface area contributed by atoms with Crippen LogP contribution in [0, 0.1) is 5.82 Å². The smallest absolute Gasteiger partial charge is 0.251 e. The first kappa shape index (κ1) is 12.1. The number of carbonyl (C=O) groups excluding carboxylic acids is 1. The zero-order chi connectivity index (χ0) is 13.0. The molecule has 0 unspecified atom stereocenters. The summed E-state index contributed by atoms with van der Waals surface area (Å²) < 4.78 is 14.3. The fraction of sp³-hybridized carbons (Fsp3) is 0.167. The van der Waals surface area contributed by atoms with Crippen LogP contribution in [0.5, 0.6) is 0 Å². The number of benzene rings is 1. The van der Waals surface area contributed by atoms with Crippen LogP contribution in [0.25, 0.3) is 0 Å². The molecule has 1 amide bonds. The van der Waals surface area contributed by atoms with Crippen LogP contribution in [0.15, 0.2) is 36.7 Å². The molecule has 18 heavy (non-hydrogen) atoms. The predicted molar refractivity (Wildman–Crippen MR) is 65.4 cm³/mol. The molecule has 6 heteroatoms. The van der Waals surface area contributed by atoms with E-state index in [9.17, 15) is 9.18 Å². The van der Waals surface area contributed by atoms with Gasteiger partial charge in [-0.2, -0.15) is 5.10 Å². The standard InChI is InChI=1S/C12H13FN4O/c13-10-3-1-9(2-4-10)12(18)15-5-6-17-8-11(14)7-16-17/h1-4,7-8H,5-6,14H2,(H,15,18). The quantitative estimate of drug-likeness (QED) is 0.849. The van der Waals surface area contributed by atoms with E-state index in [0.29, 0.717) is 24.3 Å². The number of nitrogen functional groups attached to an aromatic ring is 1. The number of amides is 1. The van der Waals surface area contributed by atoms with Gasteiger partial charge in [-0.05, 0) is 24.3 Å². The summed E-state index contributed by atoms with van der Waals surface area (Å²) in [7, 11) is 0. The van der Waals surface area contributed by atoms with Gasteiger partial charge >= 0.3 is 0 Å². The zero-order valence-corrected chi connectivity index (χ0v) is 9.64. The molecule has 2 rings (SSSR count). The minimum absolute atomic E-state index is 0.241. The van der Waals surface area contributed by atoms with Gasteiger partial charge in [-0.3, -0.25) is 9.48 Å². The first-order valence-electron chi connectivity index (χ1n) is 5.47. The second-order valence-electron chi connectivity index (χ2n) is 3.80.